The van der Waals surface area contributed by atoms with Crippen LogP contribution in [-0.2, 0) is 4.74 Å². The minimum atomic E-state index is 0.0495. The first kappa shape index (κ1) is 13.9. The summed E-state index contributed by atoms with van der Waals surface area (Å²) >= 11 is 7.41. The Hall–Kier alpha value is -1.04. The summed E-state index contributed by atoms with van der Waals surface area (Å²) in [6, 6.07) is 3.77. The molecular weight excluding hydrogens is 296 g/mol. The number of ether oxygens (including phenoxy) is 1. The second-order valence-electron chi connectivity index (χ2n) is 5.02. The quantitative estimate of drug-likeness (QED) is 0.922. The number of fused-ring (bicyclic) bond motifs is 1. The van der Waals surface area contributed by atoms with Crippen molar-refractivity contribution in [2.75, 3.05) is 19.7 Å². The largest absolute Gasteiger partial charge is 0.376 e. The molecule has 1 atom stereocenters. The van der Waals surface area contributed by atoms with E-state index >= 15 is 0 Å². The predicted molar refractivity (Wildman–Crippen MR) is 81.7 cm³/mol. The highest BCUT2D eigenvalue weighted by molar-refractivity contribution is 7.22. The third kappa shape index (κ3) is 2.71. The van der Waals surface area contributed by atoms with Crippen LogP contribution in [0.25, 0.3) is 10.2 Å². The zero-order valence-electron chi connectivity index (χ0n) is 11.3. The van der Waals surface area contributed by atoms with Gasteiger partial charge in [-0.2, -0.15) is 0 Å². The third-order valence-electron chi connectivity index (χ3n) is 3.60. The standard InChI is InChI=1S/C14H17ClN2O2S/c1-2-10-8-17(4-3-5-19-10)14(18)11-6-9-7-12(15)20-13(9)16-11/h6-7,10,16H,2-5,8H2,1H3. The van der Waals surface area contributed by atoms with E-state index in [2.05, 4.69) is 11.9 Å². The monoisotopic (exact) mass is 312 g/mol. The van der Waals surface area contributed by atoms with Gasteiger partial charge in [-0.05, 0) is 25.0 Å². The van der Waals surface area contributed by atoms with Crippen LogP contribution in [0.3, 0.4) is 0 Å². The van der Waals surface area contributed by atoms with Gasteiger partial charge < -0.3 is 14.6 Å². The predicted octanol–water partition coefficient (Wildman–Crippen LogP) is 3.52. The number of aromatic nitrogens is 1. The fraction of sp³-hybridized carbons (Fsp3) is 0.500. The normalized spacial score (nSPS) is 20.3. The van der Waals surface area contributed by atoms with Crippen molar-refractivity contribution in [2.45, 2.75) is 25.9 Å². The van der Waals surface area contributed by atoms with E-state index in [-0.39, 0.29) is 12.0 Å². The van der Waals surface area contributed by atoms with Crippen LogP contribution in [0.2, 0.25) is 4.34 Å². The lowest BCUT2D eigenvalue weighted by Crippen LogP contribution is -2.36. The van der Waals surface area contributed by atoms with Crippen molar-refractivity contribution in [1.82, 2.24) is 9.88 Å². The lowest BCUT2D eigenvalue weighted by atomic mass is 10.2. The van der Waals surface area contributed by atoms with E-state index in [4.69, 9.17) is 16.3 Å². The molecule has 0 saturated carbocycles. The molecule has 1 saturated heterocycles. The number of hydrogen-bond donors (Lipinski definition) is 1. The highest BCUT2D eigenvalue weighted by atomic mass is 35.5. The summed E-state index contributed by atoms with van der Waals surface area (Å²) in [7, 11) is 0. The molecule has 0 radical (unpaired) electrons. The highest BCUT2D eigenvalue weighted by Gasteiger charge is 2.23. The van der Waals surface area contributed by atoms with Crippen molar-refractivity contribution in [2.24, 2.45) is 0 Å². The third-order valence-corrected chi connectivity index (χ3v) is 4.80. The molecule has 0 spiro atoms. The number of nitrogens with one attached hydrogen (secondary N) is 1. The average molecular weight is 313 g/mol. The SMILES string of the molecule is CCC1CN(C(=O)c2cc3cc(Cl)sc3[nH]2)CCCO1. The lowest BCUT2D eigenvalue weighted by Gasteiger charge is -2.22. The van der Waals surface area contributed by atoms with Gasteiger partial charge in [0.1, 0.15) is 10.5 Å². The summed E-state index contributed by atoms with van der Waals surface area (Å²) < 4.78 is 6.44. The van der Waals surface area contributed by atoms with Crippen molar-refractivity contribution in [3.05, 3.63) is 22.2 Å². The van der Waals surface area contributed by atoms with E-state index in [1.165, 1.54) is 11.3 Å². The van der Waals surface area contributed by atoms with Crippen LogP contribution in [0.5, 0.6) is 0 Å². The van der Waals surface area contributed by atoms with Gasteiger partial charge in [-0.25, -0.2) is 0 Å². The van der Waals surface area contributed by atoms with Crippen LogP contribution in [0.1, 0.15) is 30.3 Å². The van der Waals surface area contributed by atoms with Gasteiger partial charge in [0.25, 0.3) is 5.91 Å². The molecular formula is C14H17ClN2O2S. The molecule has 1 aliphatic heterocycles. The molecule has 3 heterocycles. The summed E-state index contributed by atoms with van der Waals surface area (Å²) in [6.07, 6.45) is 1.97. The average Bonchev–Trinajstić information content (AvgIpc) is 2.85. The number of thiophene rings is 1. The Bertz CT molecular complexity index is 590. The molecule has 3 rings (SSSR count). The molecule has 0 aromatic carbocycles. The Labute approximate surface area is 126 Å². The maximum absolute atomic E-state index is 12.6. The molecule has 1 fully saturated rings. The Kier molecular flexibility index (Phi) is 4.01. The molecule has 1 amide bonds. The van der Waals surface area contributed by atoms with Crippen LogP contribution >= 0.6 is 22.9 Å². The molecule has 6 heteroatoms. The van der Waals surface area contributed by atoms with Crippen LogP contribution in [-0.4, -0.2) is 41.6 Å². The van der Waals surface area contributed by atoms with Crippen molar-refractivity contribution in [1.29, 1.82) is 0 Å². The fourth-order valence-electron chi connectivity index (χ4n) is 2.50. The Morgan fingerprint density at radius 2 is 2.45 bits per heavy atom. The highest BCUT2D eigenvalue weighted by Crippen LogP contribution is 2.29. The van der Waals surface area contributed by atoms with Gasteiger partial charge in [-0.15, -0.1) is 11.3 Å². The van der Waals surface area contributed by atoms with E-state index < -0.39 is 0 Å². The fourth-order valence-corrected chi connectivity index (χ4v) is 3.63. The van der Waals surface area contributed by atoms with Gasteiger partial charge >= 0.3 is 0 Å². The molecule has 1 unspecified atom stereocenters. The second kappa shape index (κ2) is 5.76. The number of H-pyrrole nitrogens is 1. The number of amides is 1. The maximum atomic E-state index is 12.6. The van der Waals surface area contributed by atoms with E-state index in [0.717, 1.165) is 40.5 Å². The van der Waals surface area contributed by atoms with Gasteiger partial charge in [0.2, 0.25) is 0 Å². The zero-order chi connectivity index (χ0) is 14.1. The van der Waals surface area contributed by atoms with Crippen molar-refractivity contribution >= 4 is 39.1 Å². The number of halogens is 1. The summed E-state index contributed by atoms with van der Waals surface area (Å²) in [4.78, 5) is 18.6. The molecule has 4 nitrogen and oxygen atoms in total. The van der Waals surface area contributed by atoms with Gasteiger partial charge in [0, 0.05) is 25.1 Å². The molecule has 1 N–H and O–H groups in total. The minimum absolute atomic E-state index is 0.0495. The van der Waals surface area contributed by atoms with E-state index in [1.54, 1.807) is 0 Å². The Balaban J connectivity index is 1.81. The Morgan fingerprint density at radius 3 is 3.20 bits per heavy atom. The summed E-state index contributed by atoms with van der Waals surface area (Å²) in [5.74, 6) is 0.0495. The molecule has 108 valence electrons. The van der Waals surface area contributed by atoms with Gasteiger partial charge in [0.15, 0.2) is 0 Å². The number of aromatic amines is 1. The number of carbonyl (C=O) groups is 1. The molecule has 1 aliphatic rings. The van der Waals surface area contributed by atoms with Crippen LogP contribution in [0.15, 0.2) is 12.1 Å². The Morgan fingerprint density at radius 1 is 1.60 bits per heavy atom. The van der Waals surface area contributed by atoms with Crippen molar-refractivity contribution < 1.29 is 9.53 Å². The van der Waals surface area contributed by atoms with E-state index in [9.17, 15) is 4.79 Å². The molecule has 20 heavy (non-hydrogen) atoms. The maximum Gasteiger partial charge on any atom is 0.270 e. The second-order valence-corrected chi connectivity index (χ2v) is 6.71. The minimum Gasteiger partial charge on any atom is -0.376 e. The van der Waals surface area contributed by atoms with Crippen LogP contribution in [0, 0.1) is 0 Å². The van der Waals surface area contributed by atoms with E-state index in [0.29, 0.717) is 12.2 Å². The van der Waals surface area contributed by atoms with Crippen LogP contribution in [0.4, 0.5) is 0 Å². The number of carbonyl (C=O) groups excluding carboxylic acids is 1. The lowest BCUT2D eigenvalue weighted by molar-refractivity contribution is 0.0458. The number of nitrogens with zero attached hydrogens (tertiary/aromatic N) is 1. The van der Waals surface area contributed by atoms with Gasteiger partial charge in [-0.3, -0.25) is 4.79 Å². The first-order valence-electron chi connectivity index (χ1n) is 6.86. The summed E-state index contributed by atoms with van der Waals surface area (Å²) in [6.45, 7) is 4.24. The number of hydrogen-bond acceptors (Lipinski definition) is 3. The first-order valence-corrected chi connectivity index (χ1v) is 8.05. The first-order chi connectivity index (χ1) is 9.67. The smallest absolute Gasteiger partial charge is 0.270 e. The zero-order valence-corrected chi connectivity index (χ0v) is 12.9. The molecule has 0 aliphatic carbocycles. The van der Waals surface area contributed by atoms with Crippen molar-refractivity contribution in [3.8, 4) is 0 Å². The summed E-state index contributed by atoms with van der Waals surface area (Å²) in [5.41, 5.74) is 0.639. The molecule has 2 aromatic heterocycles. The van der Waals surface area contributed by atoms with Gasteiger partial charge in [-0.1, -0.05) is 18.5 Å². The number of rotatable bonds is 2. The topological polar surface area (TPSA) is 45.3 Å². The molecule has 0 bridgehead atoms. The van der Waals surface area contributed by atoms with E-state index in [1.807, 2.05) is 17.0 Å². The summed E-state index contributed by atoms with van der Waals surface area (Å²) in [5, 5.41) is 1.00. The van der Waals surface area contributed by atoms with Gasteiger partial charge in [0.05, 0.1) is 10.4 Å². The molecule has 2 aromatic rings. The van der Waals surface area contributed by atoms with Crippen molar-refractivity contribution in [3.63, 3.8) is 0 Å². The van der Waals surface area contributed by atoms with Crippen LogP contribution < -0.4 is 0 Å².